The number of nitrogens with one attached hydrogen (secondary N) is 1. The van der Waals surface area contributed by atoms with Crippen LogP contribution < -0.4 is 11.1 Å². The standard InChI is InChI=1S/C21H25IN2O3/c1-21(2,20(27)15-13-14(22)10-11-18(15)25)12-6-5-9-19(26)24-17-8-4-3-7-16(17)23/h3-5,7-11,13,20,25,27H,6,12,23H2,1-2H3,(H,24,26)/b9-5+/t20-/m0/s1. The molecule has 2 aromatic rings. The highest BCUT2D eigenvalue weighted by molar-refractivity contribution is 14.1. The van der Waals surface area contributed by atoms with Crippen molar-refractivity contribution in [3.8, 4) is 5.75 Å². The normalized spacial score (nSPS) is 12.9. The molecule has 2 rings (SSSR count). The van der Waals surface area contributed by atoms with Gasteiger partial charge in [-0.05, 0) is 77.3 Å². The van der Waals surface area contributed by atoms with Crippen molar-refractivity contribution in [3.05, 3.63) is 63.8 Å². The van der Waals surface area contributed by atoms with E-state index in [9.17, 15) is 15.0 Å². The molecule has 0 saturated carbocycles. The number of hydrogen-bond donors (Lipinski definition) is 4. The first-order valence-corrected chi connectivity index (χ1v) is 9.77. The number of carbonyl (C=O) groups is 1. The van der Waals surface area contributed by atoms with E-state index in [4.69, 9.17) is 5.73 Å². The Morgan fingerprint density at radius 3 is 2.70 bits per heavy atom. The van der Waals surface area contributed by atoms with Gasteiger partial charge in [-0.2, -0.15) is 0 Å². The SMILES string of the molecule is CC(C)(CC/C=C/C(=O)Nc1ccccc1N)[C@@H](O)c1cc(I)ccc1O. The van der Waals surface area contributed by atoms with Crippen molar-refractivity contribution in [3.63, 3.8) is 0 Å². The number of para-hydroxylation sites is 2. The zero-order chi connectivity index (χ0) is 20.0. The Labute approximate surface area is 173 Å². The summed E-state index contributed by atoms with van der Waals surface area (Å²) in [7, 11) is 0. The second kappa shape index (κ2) is 9.23. The Morgan fingerprint density at radius 2 is 2.00 bits per heavy atom. The van der Waals surface area contributed by atoms with Crippen molar-refractivity contribution in [2.24, 2.45) is 5.41 Å². The maximum atomic E-state index is 12.0. The Morgan fingerprint density at radius 1 is 1.30 bits per heavy atom. The van der Waals surface area contributed by atoms with Crippen LogP contribution in [0.3, 0.4) is 0 Å². The van der Waals surface area contributed by atoms with Crippen LogP contribution in [0, 0.1) is 8.99 Å². The fourth-order valence-corrected chi connectivity index (χ4v) is 3.25. The number of amides is 1. The number of rotatable bonds is 7. The molecule has 0 aromatic heterocycles. The van der Waals surface area contributed by atoms with E-state index in [-0.39, 0.29) is 11.7 Å². The lowest BCUT2D eigenvalue weighted by Crippen LogP contribution is -2.22. The summed E-state index contributed by atoms with van der Waals surface area (Å²) in [5.41, 5.74) is 6.96. The number of nitrogens with two attached hydrogens (primary N) is 1. The van der Waals surface area contributed by atoms with Crippen LogP contribution in [-0.2, 0) is 4.79 Å². The van der Waals surface area contributed by atoms with Gasteiger partial charge in [-0.1, -0.05) is 32.1 Å². The molecule has 1 atom stereocenters. The van der Waals surface area contributed by atoms with E-state index in [0.717, 1.165) is 3.57 Å². The average Bonchev–Trinajstić information content (AvgIpc) is 2.62. The number of aliphatic hydroxyl groups is 1. The molecule has 2 aromatic carbocycles. The first-order valence-electron chi connectivity index (χ1n) is 8.69. The van der Waals surface area contributed by atoms with Gasteiger partial charge in [-0.25, -0.2) is 0 Å². The second-order valence-electron chi connectivity index (χ2n) is 7.11. The quantitative estimate of drug-likeness (QED) is 0.264. The van der Waals surface area contributed by atoms with Gasteiger partial charge in [-0.3, -0.25) is 4.79 Å². The van der Waals surface area contributed by atoms with E-state index in [1.54, 1.807) is 48.5 Å². The molecule has 5 nitrogen and oxygen atoms in total. The van der Waals surface area contributed by atoms with E-state index >= 15 is 0 Å². The third-order valence-corrected chi connectivity index (χ3v) is 5.14. The minimum atomic E-state index is -0.807. The zero-order valence-electron chi connectivity index (χ0n) is 15.4. The number of benzene rings is 2. The predicted octanol–water partition coefficient (Wildman–Crippen LogP) is 4.61. The molecule has 0 aliphatic heterocycles. The fourth-order valence-electron chi connectivity index (χ4n) is 2.73. The number of phenolic OH excluding ortho intramolecular Hbond substituents is 1. The molecule has 1 amide bonds. The van der Waals surface area contributed by atoms with E-state index < -0.39 is 11.5 Å². The molecule has 27 heavy (non-hydrogen) atoms. The van der Waals surface area contributed by atoms with E-state index in [1.807, 2.05) is 13.8 Å². The number of aliphatic hydroxyl groups excluding tert-OH is 1. The number of halogens is 1. The van der Waals surface area contributed by atoms with Gasteiger partial charge >= 0.3 is 0 Å². The Balaban J connectivity index is 1.92. The van der Waals surface area contributed by atoms with Gasteiger partial charge in [0.2, 0.25) is 5.91 Å². The minimum absolute atomic E-state index is 0.0892. The molecular weight excluding hydrogens is 455 g/mol. The van der Waals surface area contributed by atoms with Crippen molar-refractivity contribution in [1.29, 1.82) is 0 Å². The second-order valence-corrected chi connectivity index (χ2v) is 8.36. The maximum Gasteiger partial charge on any atom is 0.248 e. The summed E-state index contributed by atoms with van der Waals surface area (Å²) in [5.74, 6) is -0.159. The summed E-state index contributed by atoms with van der Waals surface area (Å²) >= 11 is 2.15. The lowest BCUT2D eigenvalue weighted by molar-refractivity contribution is -0.111. The molecule has 0 aliphatic carbocycles. The van der Waals surface area contributed by atoms with Crippen molar-refractivity contribution >= 4 is 39.9 Å². The molecule has 0 fully saturated rings. The summed E-state index contributed by atoms with van der Waals surface area (Å²) in [4.78, 5) is 12.0. The van der Waals surface area contributed by atoms with Gasteiger partial charge in [0.05, 0.1) is 17.5 Å². The largest absolute Gasteiger partial charge is 0.508 e. The van der Waals surface area contributed by atoms with Crippen LogP contribution in [0.5, 0.6) is 5.75 Å². The first kappa shape index (κ1) is 21.2. The number of carbonyl (C=O) groups excluding carboxylic acids is 1. The molecule has 0 saturated heterocycles. The number of phenols is 1. The number of allylic oxidation sites excluding steroid dienone is 1. The van der Waals surface area contributed by atoms with Crippen molar-refractivity contribution in [2.45, 2.75) is 32.8 Å². The molecule has 0 spiro atoms. The Bertz CT molecular complexity index is 834. The third kappa shape index (κ3) is 5.97. The van der Waals surface area contributed by atoms with E-state index in [1.165, 1.54) is 6.08 Å². The third-order valence-electron chi connectivity index (χ3n) is 4.47. The number of anilines is 2. The number of hydrogen-bond acceptors (Lipinski definition) is 4. The van der Waals surface area contributed by atoms with Crippen LogP contribution in [0.15, 0.2) is 54.6 Å². The lowest BCUT2D eigenvalue weighted by atomic mass is 9.78. The van der Waals surface area contributed by atoms with Gasteiger partial charge in [0.15, 0.2) is 0 Å². The minimum Gasteiger partial charge on any atom is -0.508 e. The molecule has 0 heterocycles. The molecular formula is C21H25IN2O3. The summed E-state index contributed by atoms with van der Waals surface area (Å²) < 4.78 is 0.951. The molecule has 144 valence electrons. The monoisotopic (exact) mass is 480 g/mol. The van der Waals surface area contributed by atoms with Crippen LogP contribution in [0.1, 0.15) is 38.4 Å². The summed E-state index contributed by atoms with van der Waals surface area (Å²) in [5, 5.41) is 23.5. The summed E-state index contributed by atoms with van der Waals surface area (Å²) in [6.07, 6.45) is 3.71. The van der Waals surface area contributed by atoms with E-state index in [2.05, 4.69) is 27.9 Å². The molecule has 0 radical (unpaired) electrons. The highest BCUT2D eigenvalue weighted by Crippen LogP contribution is 2.41. The van der Waals surface area contributed by atoms with Gasteiger partial charge in [0.25, 0.3) is 0 Å². The highest BCUT2D eigenvalue weighted by atomic mass is 127. The topological polar surface area (TPSA) is 95.6 Å². The fraction of sp³-hybridized carbons (Fsp3) is 0.286. The highest BCUT2D eigenvalue weighted by Gasteiger charge is 2.30. The molecule has 0 aliphatic rings. The Kier molecular flexibility index (Phi) is 7.26. The molecule has 0 unspecified atom stereocenters. The van der Waals surface area contributed by atoms with E-state index in [0.29, 0.717) is 29.8 Å². The smallest absolute Gasteiger partial charge is 0.248 e. The summed E-state index contributed by atoms with van der Waals surface area (Å²) in [6, 6.07) is 12.3. The van der Waals surface area contributed by atoms with Crippen molar-refractivity contribution in [2.75, 3.05) is 11.1 Å². The predicted molar refractivity (Wildman–Crippen MR) is 117 cm³/mol. The van der Waals surface area contributed by atoms with Crippen LogP contribution in [0.4, 0.5) is 11.4 Å². The Hall–Kier alpha value is -2.06. The van der Waals surface area contributed by atoms with Crippen LogP contribution in [0.2, 0.25) is 0 Å². The average molecular weight is 480 g/mol. The van der Waals surface area contributed by atoms with Gasteiger partial charge in [-0.15, -0.1) is 0 Å². The molecule has 0 bridgehead atoms. The zero-order valence-corrected chi connectivity index (χ0v) is 17.6. The molecule has 6 heteroatoms. The van der Waals surface area contributed by atoms with Gasteiger partial charge in [0.1, 0.15) is 5.75 Å². The van der Waals surface area contributed by atoms with Crippen LogP contribution in [0.25, 0.3) is 0 Å². The van der Waals surface area contributed by atoms with Gasteiger partial charge in [0, 0.05) is 9.13 Å². The van der Waals surface area contributed by atoms with Crippen LogP contribution >= 0.6 is 22.6 Å². The van der Waals surface area contributed by atoms with Crippen molar-refractivity contribution in [1.82, 2.24) is 0 Å². The van der Waals surface area contributed by atoms with Crippen molar-refractivity contribution < 1.29 is 15.0 Å². The number of nitrogen functional groups attached to an aromatic ring is 1. The number of aromatic hydroxyl groups is 1. The maximum absolute atomic E-state index is 12.0. The van der Waals surface area contributed by atoms with Gasteiger partial charge < -0.3 is 21.3 Å². The summed E-state index contributed by atoms with van der Waals surface area (Å²) in [6.45, 7) is 3.88. The lowest BCUT2D eigenvalue weighted by Gasteiger charge is -2.31. The first-order chi connectivity index (χ1) is 12.7. The van der Waals surface area contributed by atoms with Crippen LogP contribution in [-0.4, -0.2) is 16.1 Å². The molecule has 5 N–H and O–H groups in total.